The van der Waals surface area contributed by atoms with Gasteiger partial charge in [-0.25, -0.2) is 0 Å². The molecule has 0 aliphatic heterocycles. The number of hydrogen-bond acceptors (Lipinski definition) is 3. The molecule has 2 unspecified atom stereocenters. The van der Waals surface area contributed by atoms with Gasteiger partial charge < -0.3 is 16.2 Å². The van der Waals surface area contributed by atoms with Gasteiger partial charge >= 0.3 is 0 Å². The molecule has 0 saturated heterocycles. The summed E-state index contributed by atoms with van der Waals surface area (Å²) in [6.07, 6.45) is 0.625. The first-order valence-corrected chi connectivity index (χ1v) is 6.24. The zero-order chi connectivity index (χ0) is 13.7. The monoisotopic (exact) mass is 270 g/mol. The van der Waals surface area contributed by atoms with Crippen LogP contribution in [0.2, 0.25) is 5.02 Å². The predicted octanol–water partition coefficient (Wildman–Crippen LogP) is 1.73. The molecule has 0 fully saturated rings. The molecule has 1 amide bonds. The smallest absolute Gasteiger partial charge is 0.223 e. The van der Waals surface area contributed by atoms with Crippen molar-refractivity contribution in [1.82, 2.24) is 0 Å². The first kappa shape index (κ1) is 14.8. The van der Waals surface area contributed by atoms with Gasteiger partial charge in [0, 0.05) is 16.6 Å². The Morgan fingerprint density at radius 3 is 2.67 bits per heavy atom. The molecule has 0 bridgehead atoms. The van der Waals surface area contributed by atoms with Crippen LogP contribution in [-0.4, -0.2) is 18.6 Å². The first-order chi connectivity index (χ1) is 8.41. The van der Waals surface area contributed by atoms with Gasteiger partial charge in [0.25, 0.3) is 0 Å². The number of primary amides is 1. The van der Waals surface area contributed by atoms with E-state index in [-0.39, 0.29) is 24.5 Å². The number of hydrogen-bond donors (Lipinski definition) is 2. The fraction of sp³-hybridized carbons (Fsp3) is 0.462. The predicted molar refractivity (Wildman–Crippen MR) is 72.7 cm³/mol. The summed E-state index contributed by atoms with van der Waals surface area (Å²) in [6, 6.07) is 5.40. The quantitative estimate of drug-likeness (QED) is 0.826. The number of carbonyl (C=O) groups excluding carboxylic acids is 1. The molecule has 100 valence electrons. The van der Waals surface area contributed by atoms with Crippen molar-refractivity contribution in [3.63, 3.8) is 0 Å². The average molecular weight is 271 g/mol. The van der Waals surface area contributed by atoms with Crippen molar-refractivity contribution in [1.29, 1.82) is 0 Å². The number of rotatable bonds is 6. The Bertz CT molecular complexity index is 421. The molecule has 1 aromatic carbocycles. The first-order valence-electron chi connectivity index (χ1n) is 5.87. The molecule has 1 aromatic rings. The molecule has 0 saturated carbocycles. The number of nitrogens with two attached hydrogens (primary N) is 2. The van der Waals surface area contributed by atoms with Crippen LogP contribution in [0.4, 0.5) is 0 Å². The normalized spacial score (nSPS) is 14.0. The molecule has 0 aliphatic carbocycles. The molecule has 0 heterocycles. The summed E-state index contributed by atoms with van der Waals surface area (Å²) in [5.74, 6) is -0.0641. The summed E-state index contributed by atoms with van der Waals surface area (Å²) < 4.78 is 5.60. The van der Waals surface area contributed by atoms with Gasteiger partial charge in [-0.1, -0.05) is 24.6 Å². The lowest BCUT2D eigenvalue weighted by Crippen LogP contribution is -2.26. The van der Waals surface area contributed by atoms with Gasteiger partial charge in [0.15, 0.2) is 0 Å². The lowest BCUT2D eigenvalue weighted by Gasteiger charge is -2.16. The van der Waals surface area contributed by atoms with Gasteiger partial charge in [0.05, 0.1) is 12.5 Å². The third-order valence-electron chi connectivity index (χ3n) is 2.58. The summed E-state index contributed by atoms with van der Waals surface area (Å²) in [7, 11) is 0. The van der Waals surface area contributed by atoms with Crippen molar-refractivity contribution < 1.29 is 9.53 Å². The van der Waals surface area contributed by atoms with Crippen molar-refractivity contribution >= 4 is 17.5 Å². The molecule has 1 rings (SSSR count). The van der Waals surface area contributed by atoms with Crippen LogP contribution in [0.15, 0.2) is 18.2 Å². The van der Waals surface area contributed by atoms with E-state index in [1.807, 2.05) is 13.0 Å². The lowest BCUT2D eigenvalue weighted by atomic mass is 10.1. The number of amides is 1. The molecule has 4 N–H and O–H groups in total. The molecule has 4 nitrogen and oxygen atoms in total. The van der Waals surface area contributed by atoms with E-state index < -0.39 is 0 Å². The Labute approximate surface area is 112 Å². The fourth-order valence-corrected chi connectivity index (χ4v) is 1.73. The highest BCUT2D eigenvalue weighted by Crippen LogP contribution is 2.27. The van der Waals surface area contributed by atoms with Gasteiger partial charge in [0.2, 0.25) is 5.91 Å². The SMILES string of the molecule is CC(N)Cc1c(Cl)cccc1OCC(C)C(N)=O. The van der Waals surface area contributed by atoms with Crippen LogP contribution in [-0.2, 0) is 11.2 Å². The minimum absolute atomic E-state index is 0.0131. The van der Waals surface area contributed by atoms with E-state index in [1.54, 1.807) is 19.1 Å². The fourth-order valence-electron chi connectivity index (χ4n) is 1.49. The van der Waals surface area contributed by atoms with Crippen molar-refractivity contribution in [3.8, 4) is 5.75 Å². The van der Waals surface area contributed by atoms with E-state index in [0.29, 0.717) is 17.2 Å². The second-order valence-electron chi connectivity index (χ2n) is 4.51. The Kier molecular flexibility index (Phi) is 5.44. The summed E-state index contributed by atoms with van der Waals surface area (Å²) in [6.45, 7) is 3.86. The maximum atomic E-state index is 10.9. The topological polar surface area (TPSA) is 78.3 Å². The molecule has 0 aromatic heterocycles. The third-order valence-corrected chi connectivity index (χ3v) is 2.93. The highest BCUT2D eigenvalue weighted by atomic mass is 35.5. The van der Waals surface area contributed by atoms with Crippen molar-refractivity contribution in [2.24, 2.45) is 17.4 Å². The molecule has 0 radical (unpaired) electrons. The molecule has 18 heavy (non-hydrogen) atoms. The van der Waals surface area contributed by atoms with Crippen molar-refractivity contribution in [2.75, 3.05) is 6.61 Å². The second kappa shape index (κ2) is 6.61. The van der Waals surface area contributed by atoms with Crippen molar-refractivity contribution in [3.05, 3.63) is 28.8 Å². The van der Waals surface area contributed by atoms with E-state index in [2.05, 4.69) is 0 Å². The molecule has 5 heteroatoms. The summed E-state index contributed by atoms with van der Waals surface area (Å²) in [5, 5.41) is 0.622. The standard InChI is InChI=1S/C13H19ClN2O2/c1-8(13(16)17)7-18-12-5-3-4-11(14)10(12)6-9(2)15/h3-5,8-9H,6-7,15H2,1-2H3,(H2,16,17). The summed E-state index contributed by atoms with van der Waals surface area (Å²) in [4.78, 5) is 10.9. The Hall–Kier alpha value is -1.26. The number of halogens is 1. The van der Waals surface area contributed by atoms with Crippen LogP contribution in [0.25, 0.3) is 0 Å². The Balaban J connectivity index is 2.81. The van der Waals surface area contributed by atoms with Gasteiger partial charge in [-0.2, -0.15) is 0 Å². The van der Waals surface area contributed by atoms with Gasteiger partial charge in [-0.05, 0) is 25.5 Å². The van der Waals surface area contributed by atoms with Crippen LogP contribution >= 0.6 is 11.6 Å². The third kappa shape index (κ3) is 4.20. The lowest BCUT2D eigenvalue weighted by molar-refractivity contribution is -0.122. The molecule has 2 atom stereocenters. The van der Waals surface area contributed by atoms with E-state index in [0.717, 1.165) is 5.56 Å². The van der Waals surface area contributed by atoms with Crippen LogP contribution in [0.1, 0.15) is 19.4 Å². The minimum Gasteiger partial charge on any atom is -0.492 e. The van der Waals surface area contributed by atoms with Gasteiger partial charge in [-0.3, -0.25) is 4.79 Å². The number of ether oxygens (including phenoxy) is 1. The van der Waals surface area contributed by atoms with Crippen molar-refractivity contribution in [2.45, 2.75) is 26.3 Å². The largest absolute Gasteiger partial charge is 0.492 e. The minimum atomic E-state index is -0.384. The molecular formula is C13H19ClN2O2. The maximum absolute atomic E-state index is 10.9. The second-order valence-corrected chi connectivity index (χ2v) is 4.92. The van der Waals surface area contributed by atoms with E-state index >= 15 is 0 Å². The Morgan fingerprint density at radius 2 is 2.11 bits per heavy atom. The highest BCUT2D eigenvalue weighted by Gasteiger charge is 2.13. The van der Waals surface area contributed by atoms with E-state index in [9.17, 15) is 4.79 Å². The van der Waals surface area contributed by atoms with Crippen LogP contribution in [0, 0.1) is 5.92 Å². The maximum Gasteiger partial charge on any atom is 0.223 e. The summed E-state index contributed by atoms with van der Waals surface area (Å²) >= 11 is 6.12. The molecule has 0 spiro atoms. The average Bonchev–Trinajstić information content (AvgIpc) is 2.28. The number of benzene rings is 1. The summed E-state index contributed by atoms with van der Waals surface area (Å²) in [5.41, 5.74) is 11.8. The van der Waals surface area contributed by atoms with Crippen LogP contribution in [0.3, 0.4) is 0 Å². The Morgan fingerprint density at radius 1 is 1.44 bits per heavy atom. The number of carbonyl (C=O) groups is 1. The highest BCUT2D eigenvalue weighted by molar-refractivity contribution is 6.31. The molecule has 0 aliphatic rings. The van der Waals surface area contributed by atoms with E-state index in [1.165, 1.54) is 0 Å². The van der Waals surface area contributed by atoms with Crippen LogP contribution < -0.4 is 16.2 Å². The van der Waals surface area contributed by atoms with E-state index in [4.69, 9.17) is 27.8 Å². The molecular weight excluding hydrogens is 252 g/mol. The zero-order valence-corrected chi connectivity index (χ0v) is 11.4. The van der Waals surface area contributed by atoms with Crippen LogP contribution in [0.5, 0.6) is 5.75 Å². The van der Waals surface area contributed by atoms with Gasteiger partial charge in [-0.15, -0.1) is 0 Å². The van der Waals surface area contributed by atoms with Gasteiger partial charge in [0.1, 0.15) is 5.75 Å². The zero-order valence-electron chi connectivity index (χ0n) is 10.7.